The standard InChI is InChI=1S/C54H105NO5/c1-4-7-10-13-16-19-22-25-27-28-31-34-37-40-43-46-52(57)51(49-56)55-53(58)48-50(45-42-39-36-33-30-24-21-18-15-12-9-6-3)60-54(59)47-44-41-38-35-32-29-26-23-20-17-14-11-8-5-2/h29,32,50-52,56-57H,4-28,30-31,33-49H2,1-3H3,(H,55,58)/b32-29-. The first-order valence-electron chi connectivity index (χ1n) is 26.9. The molecular weight excluding hydrogens is 743 g/mol. The Bertz CT molecular complexity index is 909. The molecule has 0 aromatic heterocycles. The molecule has 356 valence electrons. The van der Waals surface area contributed by atoms with Crippen LogP contribution in [0.1, 0.15) is 297 Å². The predicted octanol–water partition coefficient (Wildman–Crippen LogP) is 16.1. The van der Waals surface area contributed by atoms with E-state index in [-0.39, 0.29) is 24.9 Å². The highest BCUT2D eigenvalue weighted by atomic mass is 16.5. The van der Waals surface area contributed by atoms with Crippen LogP contribution in [-0.2, 0) is 14.3 Å². The lowest BCUT2D eigenvalue weighted by Gasteiger charge is -2.24. The van der Waals surface area contributed by atoms with Gasteiger partial charge >= 0.3 is 5.97 Å². The summed E-state index contributed by atoms with van der Waals surface area (Å²) in [6.45, 7) is 6.50. The maximum Gasteiger partial charge on any atom is 0.306 e. The second kappa shape index (κ2) is 48.6. The number of allylic oxidation sites excluding steroid dienone is 2. The van der Waals surface area contributed by atoms with Gasteiger partial charge in [-0.15, -0.1) is 0 Å². The van der Waals surface area contributed by atoms with E-state index in [4.69, 9.17) is 4.74 Å². The van der Waals surface area contributed by atoms with Crippen molar-refractivity contribution in [1.82, 2.24) is 5.32 Å². The van der Waals surface area contributed by atoms with E-state index < -0.39 is 18.2 Å². The molecule has 3 unspecified atom stereocenters. The Morgan fingerprint density at radius 2 is 0.800 bits per heavy atom. The summed E-state index contributed by atoms with van der Waals surface area (Å²) in [5, 5.41) is 23.8. The third-order valence-electron chi connectivity index (χ3n) is 12.6. The van der Waals surface area contributed by atoms with Gasteiger partial charge in [-0.1, -0.05) is 245 Å². The van der Waals surface area contributed by atoms with Gasteiger partial charge in [-0.05, 0) is 51.4 Å². The van der Waals surface area contributed by atoms with Gasteiger partial charge in [0, 0.05) is 6.42 Å². The molecule has 1 amide bonds. The van der Waals surface area contributed by atoms with Gasteiger partial charge in [-0.3, -0.25) is 9.59 Å². The molecule has 6 heteroatoms. The maximum atomic E-state index is 13.2. The lowest BCUT2D eigenvalue weighted by molar-refractivity contribution is -0.151. The van der Waals surface area contributed by atoms with E-state index >= 15 is 0 Å². The molecule has 0 radical (unpaired) electrons. The van der Waals surface area contributed by atoms with Crippen molar-refractivity contribution in [1.29, 1.82) is 0 Å². The second-order valence-electron chi connectivity index (χ2n) is 18.6. The summed E-state index contributed by atoms with van der Waals surface area (Å²) >= 11 is 0. The van der Waals surface area contributed by atoms with Gasteiger partial charge in [0.05, 0.1) is 25.2 Å². The van der Waals surface area contributed by atoms with Gasteiger partial charge < -0.3 is 20.3 Å². The highest BCUT2D eigenvalue weighted by Crippen LogP contribution is 2.18. The average Bonchev–Trinajstić information content (AvgIpc) is 3.24. The summed E-state index contributed by atoms with van der Waals surface area (Å²) in [5.41, 5.74) is 0. The molecule has 3 N–H and O–H groups in total. The number of carbonyl (C=O) groups is 2. The highest BCUT2D eigenvalue weighted by Gasteiger charge is 2.24. The van der Waals surface area contributed by atoms with Crippen molar-refractivity contribution in [2.75, 3.05) is 6.61 Å². The molecule has 0 heterocycles. The molecule has 6 nitrogen and oxygen atoms in total. The zero-order valence-electron chi connectivity index (χ0n) is 40.6. The summed E-state index contributed by atoms with van der Waals surface area (Å²) in [6, 6.07) is -0.697. The first kappa shape index (κ1) is 58.6. The largest absolute Gasteiger partial charge is 0.462 e. The van der Waals surface area contributed by atoms with Crippen molar-refractivity contribution in [3.8, 4) is 0 Å². The first-order valence-corrected chi connectivity index (χ1v) is 26.9. The normalized spacial score (nSPS) is 13.2. The second-order valence-corrected chi connectivity index (χ2v) is 18.6. The van der Waals surface area contributed by atoms with E-state index in [2.05, 4.69) is 38.2 Å². The molecular formula is C54H105NO5. The molecule has 0 aliphatic carbocycles. The SMILES string of the molecule is CCCCCCCCC/C=C\CCCCCC(=O)OC(CCCCCCCCCCCCCC)CC(=O)NC(CO)C(O)CCCCCCCCCCCCCCCCC. The van der Waals surface area contributed by atoms with Crippen LogP contribution in [0.4, 0.5) is 0 Å². The first-order chi connectivity index (χ1) is 29.5. The molecule has 60 heavy (non-hydrogen) atoms. The van der Waals surface area contributed by atoms with E-state index in [1.807, 2.05) is 0 Å². The minimum atomic E-state index is -0.784. The van der Waals surface area contributed by atoms with Crippen molar-refractivity contribution >= 4 is 11.9 Å². The number of aliphatic hydroxyl groups excluding tert-OH is 2. The fourth-order valence-corrected chi connectivity index (χ4v) is 8.49. The molecule has 0 aliphatic heterocycles. The maximum absolute atomic E-state index is 13.2. The van der Waals surface area contributed by atoms with E-state index in [9.17, 15) is 19.8 Å². The van der Waals surface area contributed by atoms with Crippen LogP contribution in [0.3, 0.4) is 0 Å². The molecule has 0 saturated carbocycles. The fourth-order valence-electron chi connectivity index (χ4n) is 8.49. The third kappa shape index (κ3) is 43.3. The number of amides is 1. The van der Waals surface area contributed by atoms with Crippen LogP contribution in [0.25, 0.3) is 0 Å². The van der Waals surface area contributed by atoms with Gasteiger partial charge in [0.1, 0.15) is 6.10 Å². The zero-order chi connectivity index (χ0) is 43.8. The fraction of sp³-hybridized carbons (Fsp3) is 0.926. The Morgan fingerprint density at radius 3 is 1.18 bits per heavy atom. The number of hydrogen-bond donors (Lipinski definition) is 3. The Kier molecular flexibility index (Phi) is 47.5. The van der Waals surface area contributed by atoms with E-state index in [1.165, 1.54) is 199 Å². The summed E-state index contributed by atoms with van der Waals surface area (Å²) < 4.78 is 5.93. The summed E-state index contributed by atoms with van der Waals surface area (Å²) in [6.07, 6.45) is 54.1. The van der Waals surface area contributed by atoms with E-state index in [0.29, 0.717) is 19.3 Å². The number of rotatable bonds is 49. The van der Waals surface area contributed by atoms with Crippen molar-refractivity contribution in [3.05, 3.63) is 12.2 Å². The Hall–Kier alpha value is -1.40. The van der Waals surface area contributed by atoms with Crippen LogP contribution in [0.2, 0.25) is 0 Å². The van der Waals surface area contributed by atoms with Crippen LogP contribution < -0.4 is 5.32 Å². The number of unbranched alkanes of at least 4 members (excludes halogenated alkanes) is 35. The van der Waals surface area contributed by atoms with Crippen LogP contribution in [0, 0.1) is 0 Å². The van der Waals surface area contributed by atoms with Gasteiger partial charge in [0.15, 0.2) is 0 Å². The van der Waals surface area contributed by atoms with Crippen LogP contribution in [-0.4, -0.2) is 46.9 Å². The summed E-state index contributed by atoms with van der Waals surface area (Å²) in [4.78, 5) is 26.1. The number of ether oxygens (including phenoxy) is 1. The molecule has 0 aromatic rings. The highest BCUT2D eigenvalue weighted by molar-refractivity contribution is 5.77. The van der Waals surface area contributed by atoms with Crippen molar-refractivity contribution in [2.45, 2.75) is 315 Å². The van der Waals surface area contributed by atoms with Crippen molar-refractivity contribution in [3.63, 3.8) is 0 Å². The van der Waals surface area contributed by atoms with Gasteiger partial charge in [-0.2, -0.15) is 0 Å². The van der Waals surface area contributed by atoms with Crippen LogP contribution in [0.15, 0.2) is 12.2 Å². The van der Waals surface area contributed by atoms with Crippen molar-refractivity contribution in [2.24, 2.45) is 0 Å². The Balaban J connectivity index is 4.51. The minimum absolute atomic E-state index is 0.0789. The molecule has 0 bridgehead atoms. The Morgan fingerprint density at radius 1 is 0.467 bits per heavy atom. The predicted molar refractivity (Wildman–Crippen MR) is 260 cm³/mol. The molecule has 0 aromatic carbocycles. The van der Waals surface area contributed by atoms with E-state index in [1.54, 1.807) is 0 Å². The zero-order valence-corrected chi connectivity index (χ0v) is 40.6. The number of carbonyl (C=O) groups excluding carboxylic acids is 2. The lowest BCUT2D eigenvalue weighted by Crippen LogP contribution is -2.46. The van der Waals surface area contributed by atoms with Gasteiger partial charge in [0.2, 0.25) is 5.91 Å². The van der Waals surface area contributed by atoms with Crippen molar-refractivity contribution < 1.29 is 24.5 Å². The molecule has 0 rings (SSSR count). The minimum Gasteiger partial charge on any atom is -0.462 e. The third-order valence-corrected chi connectivity index (χ3v) is 12.6. The number of esters is 1. The molecule has 0 fully saturated rings. The topological polar surface area (TPSA) is 95.9 Å². The summed E-state index contributed by atoms with van der Waals surface area (Å²) in [7, 11) is 0. The number of aliphatic hydroxyl groups is 2. The smallest absolute Gasteiger partial charge is 0.306 e. The number of nitrogens with one attached hydrogen (secondary N) is 1. The van der Waals surface area contributed by atoms with Gasteiger partial charge in [0.25, 0.3) is 0 Å². The monoisotopic (exact) mass is 848 g/mol. The van der Waals surface area contributed by atoms with Crippen LogP contribution in [0.5, 0.6) is 0 Å². The van der Waals surface area contributed by atoms with E-state index in [0.717, 1.165) is 51.4 Å². The molecule has 0 saturated heterocycles. The van der Waals surface area contributed by atoms with Gasteiger partial charge in [-0.25, -0.2) is 0 Å². The molecule has 0 spiro atoms. The average molecular weight is 848 g/mol. The molecule has 0 aliphatic rings. The Labute approximate surface area is 374 Å². The molecule has 3 atom stereocenters. The quantitative estimate of drug-likeness (QED) is 0.0322. The summed E-state index contributed by atoms with van der Waals surface area (Å²) in [5.74, 6) is -0.474. The number of hydrogen-bond acceptors (Lipinski definition) is 5. The van der Waals surface area contributed by atoms with Crippen LogP contribution >= 0.6 is 0 Å². The lowest BCUT2D eigenvalue weighted by atomic mass is 10.0.